The highest BCUT2D eigenvalue weighted by molar-refractivity contribution is 7.22. The third kappa shape index (κ3) is 2.42. The van der Waals surface area contributed by atoms with Crippen LogP contribution in [0.2, 0.25) is 0 Å². The minimum atomic E-state index is -0.976. The van der Waals surface area contributed by atoms with Crippen molar-refractivity contribution >= 4 is 38.6 Å². The largest absolute Gasteiger partial charge is 0.497 e. The summed E-state index contributed by atoms with van der Waals surface area (Å²) >= 11 is 1.33. The maximum atomic E-state index is 12.6. The van der Waals surface area contributed by atoms with Crippen LogP contribution >= 0.6 is 11.3 Å². The van der Waals surface area contributed by atoms with Crippen molar-refractivity contribution < 1.29 is 24.2 Å². The Balaban J connectivity index is 1.56. The number of ether oxygens (including phenoxy) is 2. The molecule has 4 atom stereocenters. The zero-order chi connectivity index (χ0) is 16.8. The molecule has 126 valence electrons. The first-order valence-corrected chi connectivity index (χ1v) is 8.52. The van der Waals surface area contributed by atoms with Crippen LogP contribution in [0.5, 0.6) is 5.75 Å². The molecule has 1 aromatic carbocycles. The number of nitrogens with zero attached hydrogens (tertiary/aromatic N) is 1. The summed E-state index contributed by atoms with van der Waals surface area (Å²) in [5.41, 5.74) is 0.759. The lowest BCUT2D eigenvalue weighted by molar-refractivity contribution is -0.147. The molecule has 2 aliphatic rings. The van der Waals surface area contributed by atoms with Crippen molar-refractivity contribution in [3.63, 3.8) is 0 Å². The van der Waals surface area contributed by atoms with Crippen LogP contribution < -0.4 is 10.1 Å². The highest BCUT2D eigenvalue weighted by Gasteiger charge is 2.55. The lowest BCUT2D eigenvalue weighted by Gasteiger charge is -2.23. The van der Waals surface area contributed by atoms with Crippen LogP contribution in [-0.4, -0.2) is 41.3 Å². The second-order valence-corrected chi connectivity index (χ2v) is 7.05. The number of anilines is 1. The molecule has 2 N–H and O–H groups in total. The number of benzene rings is 1. The van der Waals surface area contributed by atoms with Gasteiger partial charge in [0, 0.05) is 0 Å². The van der Waals surface area contributed by atoms with E-state index in [9.17, 15) is 14.7 Å². The van der Waals surface area contributed by atoms with Gasteiger partial charge in [0.15, 0.2) is 5.13 Å². The van der Waals surface area contributed by atoms with Gasteiger partial charge in [-0.3, -0.25) is 9.59 Å². The number of aromatic nitrogens is 1. The monoisotopic (exact) mass is 348 g/mol. The molecule has 2 bridgehead atoms. The summed E-state index contributed by atoms with van der Waals surface area (Å²) in [5, 5.41) is 12.6. The van der Waals surface area contributed by atoms with E-state index in [1.54, 1.807) is 13.2 Å². The van der Waals surface area contributed by atoms with Crippen molar-refractivity contribution in [2.45, 2.75) is 25.0 Å². The summed E-state index contributed by atoms with van der Waals surface area (Å²) in [6, 6.07) is 5.47. The Bertz CT molecular complexity index is 820. The zero-order valence-electron chi connectivity index (χ0n) is 12.9. The molecule has 1 aromatic heterocycles. The number of carbonyl (C=O) groups is 2. The summed E-state index contributed by atoms with van der Waals surface area (Å²) in [6.07, 6.45) is 0.754. The van der Waals surface area contributed by atoms with Crippen LogP contribution in [0.4, 0.5) is 5.13 Å². The number of aliphatic carboxylic acids is 1. The molecular formula is C16H16N2O5S. The van der Waals surface area contributed by atoms with E-state index in [0.717, 1.165) is 22.4 Å². The van der Waals surface area contributed by atoms with Gasteiger partial charge in [-0.1, -0.05) is 11.3 Å². The fraction of sp³-hybridized carbons (Fsp3) is 0.438. The zero-order valence-corrected chi connectivity index (χ0v) is 13.7. The summed E-state index contributed by atoms with van der Waals surface area (Å²) in [5.74, 6) is -2.03. The highest BCUT2D eigenvalue weighted by Crippen LogP contribution is 2.44. The van der Waals surface area contributed by atoms with E-state index in [0.29, 0.717) is 11.6 Å². The number of fused-ring (bicyclic) bond motifs is 3. The molecule has 0 saturated carbocycles. The molecule has 7 nitrogen and oxygen atoms in total. The summed E-state index contributed by atoms with van der Waals surface area (Å²) < 4.78 is 11.7. The Morgan fingerprint density at radius 1 is 1.33 bits per heavy atom. The predicted octanol–water partition coefficient (Wildman–Crippen LogP) is 2.12. The molecule has 2 saturated heterocycles. The molecule has 0 unspecified atom stereocenters. The Kier molecular flexibility index (Phi) is 3.65. The standard InChI is InChI=1S/C16H16N2O5S/c1-22-7-2-3-8-11(6-7)24-16(17-8)18-14(19)12-9-4-5-10(23-9)13(12)15(20)21/h2-3,6,9-10,12-13H,4-5H2,1H3,(H,20,21)(H,17,18,19)/t9-,10-,12-,13-/m1/s1. The number of methoxy groups -OCH3 is 1. The van der Waals surface area contributed by atoms with E-state index in [1.807, 2.05) is 12.1 Å². The van der Waals surface area contributed by atoms with Crippen LogP contribution in [0.25, 0.3) is 10.2 Å². The van der Waals surface area contributed by atoms with Crippen molar-refractivity contribution in [3.05, 3.63) is 18.2 Å². The summed E-state index contributed by atoms with van der Waals surface area (Å²) in [7, 11) is 1.59. The van der Waals surface area contributed by atoms with Crippen molar-refractivity contribution in [1.82, 2.24) is 4.98 Å². The van der Waals surface area contributed by atoms with Crippen molar-refractivity contribution in [1.29, 1.82) is 0 Å². The second-order valence-electron chi connectivity index (χ2n) is 6.02. The molecule has 0 radical (unpaired) electrons. The van der Waals surface area contributed by atoms with Gasteiger partial charge in [-0.25, -0.2) is 4.98 Å². The van der Waals surface area contributed by atoms with Gasteiger partial charge < -0.3 is 19.9 Å². The second kappa shape index (κ2) is 5.71. The van der Waals surface area contributed by atoms with Crippen LogP contribution in [0.1, 0.15) is 12.8 Å². The van der Waals surface area contributed by atoms with E-state index >= 15 is 0 Å². The first kappa shape index (κ1) is 15.3. The first-order valence-electron chi connectivity index (χ1n) is 7.70. The van der Waals surface area contributed by atoms with Crippen LogP contribution in [0, 0.1) is 11.8 Å². The molecule has 0 aliphatic carbocycles. The molecule has 2 aromatic rings. The Morgan fingerprint density at radius 2 is 2.08 bits per heavy atom. The quantitative estimate of drug-likeness (QED) is 0.878. The van der Waals surface area contributed by atoms with Gasteiger partial charge in [0.2, 0.25) is 5.91 Å². The van der Waals surface area contributed by atoms with Gasteiger partial charge in [0.05, 0.1) is 41.4 Å². The number of hydrogen-bond donors (Lipinski definition) is 2. The number of thiazole rings is 1. The van der Waals surface area contributed by atoms with Gasteiger partial charge >= 0.3 is 5.97 Å². The number of carboxylic acid groups (broad SMARTS) is 1. The Labute approximate surface area is 141 Å². The number of nitrogens with one attached hydrogen (secondary N) is 1. The molecule has 2 aliphatic heterocycles. The van der Waals surface area contributed by atoms with Gasteiger partial charge in [-0.2, -0.15) is 0 Å². The molecule has 3 heterocycles. The molecular weight excluding hydrogens is 332 g/mol. The van der Waals surface area contributed by atoms with Gasteiger partial charge in [0.25, 0.3) is 0 Å². The number of carboxylic acids is 1. The molecule has 4 rings (SSSR count). The molecule has 0 spiro atoms. The Hall–Kier alpha value is -2.19. The average molecular weight is 348 g/mol. The SMILES string of the molecule is COc1ccc2nc(NC(=O)[C@H]3[C@H](C(=O)O)[C@H]4CC[C@H]3O4)sc2c1. The maximum Gasteiger partial charge on any atom is 0.310 e. The minimum absolute atomic E-state index is 0.314. The van der Waals surface area contributed by atoms with E-state index in [-0.39, 0.29) is 18.1 Å². The van der Waals surface area contributed by atoms with Crippen molar-refractivity contribution in [2.75, 3.05) is 12.4 Å². The van der Waals surface area contributed by atoms with Crippen LogP contribution in [-0.2, 0) is 14.3 Å². The lowest BCUT2D eigenvalue weighted by atomic mass is 9.79. The first-order chi connectivity index (χ1) is 11.6. The van der Waals surface area contributed by atoms with Crippen molar-refractivity contribution in [2.24, 2.45) is 11.8 Å². The van der Waals surface area contributed by atoms with Gasteiger partial charge in [-0.15, -0.1) is 0 Å². The number of carbonyl (C=O) groups excluding carboxylic acids is 1. The number of hydrogen-bond acceptors (Lipinski definition) is 6. The Morgan fingerprint density at radius 3 is 2.79 bits per heavy atom. The number of amides is 1. The third-order valence-corrected chi connectivity index (χ3v) is 5.62. The fourth-order valence-electron chi connectivity index (χ4n) is 3.60. The van der Waals surface area contributed by atoms with Gasteiger partial charge in [0.1, 0.15) is 5.75 Å². The van der Waals surface area contributed by atoms with E-state index in [1.165, 1.54) is 11.3 Å². The van der Waals surface area contributed by atoms with E-state index in [4.69, 9.17) is 9.47 Å². The topological polar surface area (TPSA) is 97.8 Å². The van der Waals surface area contributed by atoms with Crippen LogP contribution in [0.3, 0.4) is 0 Å². The van der Waals surface area contributed by atoms with Gasteiger partial charge in [-0.05, 0) is 31.0 Å². The predicted molar refractivity (Wildman–Crippen MR) is 87.3 cm³/mol. The highest BCUT2D eigenvalue weighted by atomic mass is 32.1. The molecule has 1 amide bonds. The van der Waals surface area contributed by atoms with Crippen molar-refractivity contribution in [3.8, 4) is 5.75 Å². The van der Waals surface area contributed by atoms with E-state index in [2.05, 4.69) is 10.3 Å². The van der Waals surface area contributed by atoms with Crippen LogP contribution in [0.15, 0.2) is 18.2 Å². The maximum absolute atomic E-state index is 12.6. The summed E-state index contributed by atoms with van der Waals surface area (Å²) in [6.45, 7) is 0. The minimum Gasteiger partial charge on any atom is -0.497 e. The summed E-state index contributed by atoms with van der Waals surface area (Å²) in [4.78, 5) is 28.5. The normalized spacial score (nSPS) is 28.2. The smallest absolute Gasteiger partial charge is 0.310 e. The molecule has 24 heavy (non-hydrogen) atoms. The molecule has 8 heteroatoms. The van der Waals surface area contributed by atoms with E-state index < -0.39 is 17.8 Å². The average Bonchev–Trinajstić information content (AvgIpc) is 3.26. The third-order valence-electron chi connectivity index (χ3n) is 4.69. The molecule has 2 fully saturated rings. The number of rotatable bonds is 4. The lowest BCUT2D eigenvalue weighted by Crippen LogP contribution is -2.40. The fourth-order valence-corrected chi connectivity index (χ4v) is 4.50.